The number of nitrogens with zero attached hydrogens (tertiary/aromatic N) is 4. The summed E-state index contributed by atoms with van der Waals surface area (Å²) in [5.41, 5.74) is 10.3. The van der Waals surface area contributed by atoms with Crippen molar-refractivity contribution < 1.29 is 0 Å². The van der Waals surface area contributed by atoms with Crippen LogP contribution in [0.5, 0.6) is 0 Å². The molecule has 0 bridgehead atoms. The molecule has 6 heteroatoms. The third-order valence-electron chi connectivity index (χ3n) is 5.72. The number of nitrogens with one attached hydrogen (secondary N) is 1. The topological polar surface area (TPSA) is 81.7 Å². The zero-order valence-corrected chi connectivity index (χ0v) is 16.0. The number of aromatic nitrogens is 4. The zero-order valence-electron chi connectivity index (χ0n) is 16.0. The SMILES string of the molecule is Cc1ccc2cc(-c3nn(CC4CCNCC4)c4ncnc(N)c34)ccc2c1. The lowest BCUT2D eigenvalue weighted by molar-refractivity contribution is 0.325. The van der Waals surface area contributed by atoms with Crippen LogP contribution in [0.1, 0.15) is 18.4 Å². The minimum Gasteiger partial charge on any atom is -0.383 e. The highest BCUT2D eigenvalue weighted by Gasteiger charge is 2.20. The molecule has 0 saturated carbocycles. The van der Waals surface area contributed by atoms with Crippen LogP contribution in [0.4, 0.5) is 5.82 Å². The maximum atomic E-state index is 6.26. The Labute approximate surface area is 163 Å². The fourth-order valence-electron chi connectivity index (χ4n) is 4.18. The molecule has 3 heterocycles. The van der Waals surface area contributed by atoms with Gasteiger partial charge in [-0.2, -0.15) is 5.10 Å². The molecule has 142 valence electrons. The standard InChI is InChI=1S/C22H24N6/c1-14-2-3-17-11-18(5-4-16(17)10-14)20-19-21(23)25-13-26-22(19)28(27-20)12-15-6-8-24-9-7-15/h2-5,10-11,13,15,24H,6-9,12H2,1H3,(H2,23,25,26). The van der Waals surface area contributed by atoms with Crippen molar-refractivity contribution in [2.75, 3.05) is 18.8 Å². The van der Waals surface area contributed by atoms with Crippen LogP contribution in [0.3, 0.4) is 0 Å². The molecule has 0 atom stereocenters. The van der Waals surface area contributed by atoms with E-state index >= 15 is 0 Å². The Morgan fingerprint density at radius 3 is 2.71 bits per heavy atom. The number of hydrogen-bond acceptors (Lipinski definition) is 5. The number of fused-ring (bicyclic) bond motifs is 2. The summed E-state index contributed by atoms with van der Waals surface area (Å²) in [6, 6.07) is 12.9. The Bertz CT molecular complexity index is 1160. The quantitative estimate of drug-likeness (QED) is 0.575. The van der Waals surface area contributed by atoms with Crippen LogP contribution in [0.25, 0.3) is 33.1 Å². The molecule has 6 nitrogen and oxygen atoms in total. The molecule has 1 aliphatic heterocycles. The third kappa shape index (κ3) is 2.99. The van der Waals surface area contributed by atoms with E-state index in [0.29, 0.717) is 11.7 Å². The first-order valence-electron chi connectivity index (χ1n) is 9.87. The highest BCUT2D eigenvalue weighted by molar-refractivity contribution is 6.00. The van der Waals surface area contributed by atoms with Crippen molar-refractivity contribution in [1.82, 2.24) is 25.1 Å². The number of anilines is 1. The van der Waals surface area contributed by atoms with Crippen molar-refractivity contribution in [3.63, 3.8) is 0 Å². The average Bonchev–Trinajstić information content (AvgIpc) is 3.08. The van der Waals surface area contributed by atoms with Gasteiger partial charge in [-0.15, -0.1) is 0 Å². The summed E-state index contributed by atoms with van der Waals surface area (Å²) in [7, 11) is 0. The van der Waals surface area contributed by atoms with Crippen molar-refractivity contribution in [2.45, 2.75) is 26.3 Å². The highest BCUT2D eigenvalue weighted by Crippen LogP contribution is 2.32. The van der Waals surface area contributed by atoms with Gasteiger partial charge in [-0.1, -0.05) is 35.9 Å². The summed E-state index contributed by atoms with van der Waals surface area (Å²) >= 11 is 0. The van der Waals surface area contributed by atoms with Gasteiger partial charge in [0.05, 0.1) is 5.39 Å². The first-order valence-corrected chi connectivity index (χ1v) is 9.87. The molecule has 1 fully saturated rings. The number of nitrogens with two attached hydrogens (primary N) is 1. The molecule has 3 N–H and O–H groups in total. The Kier molecular flexibility index (Phi) is 4.20. The fourth-order valence-corrected chi connectivity index (χ4v) is 4.18. The highest BCUT2D eigenvalue weighted by atomic mass is 15.3. The lowest BCUT2D eigenvalue weighted by Gasteiger charge is -2.22. The second-order valence-corrected chi connectivity index (χ2v) is 7.75. The monoisotopic (exact) mass is 372 g/mol. The molecule has 1 aliphatic rings. The molecule has 0 amide bonds. The Hall–Kier alpha value is -2.99. The summed E-state index contributed by atoms with van der Waals surface area (Å²) in [6.45, 7) is 5.11. The maximum Gasteiger partial charge on any atom is 0.163 e. The molecule has 28 heavy (non-hydrogen) atoms. The number of benzene rings is 2. The lowest BCUT2D eigenvalue weighted by Crippen LogP contribution is -2.30. The van der Waals surface area contributed by atoms with Gasteiger partial charge in [0.2, 0.25) is 0 Å². The molecular formula is C22H24N6. The molecular weight excluding hydrogens is 348 g/mol. The van der Waals surface area contributed by atoms with Crippen molar-refractivity contribution in [3.05, 3.63) is 48.3 Å². The van der Waals surface area contributed by atoms with Crippen LogP contribution in [-0.2, 0) is 6.54 Å². The fraction of sp³-hybridized carbons (Fsp3) is 0.318. The first kappa shape index (κ1) is 17.1. The lowest BCUT2D eigenvalue weighted by atomic mass is 9.98. The molecule has 4 aromatic rings. The van der Waals surface area contributed by atoms with E-state index in [1.165, 1.54) is 22.7 Å². The van der Waals surface area contributed by atoms with E-state index in [4.69, 9.17) is 10.8 Å². The second kappa shape index (κ2) is 6.87. The van der Waals surface area contributed by atoms with Gasteiger partial charge in [-0.25, -0.2) is 14.6 Å². The molecule has 2 aromatic carbocycles. The molecule has 0 radical (unpaired) electrons. The summed E-state index contributed by atoms with van der Waals surface area (Å²) in [6.07, 6.45) is 3.85. The van der Waals surface area contributed by atoms with E-state index < -0.39 is 0 Å². The number of piperidine rings is 1. The molecule has 0 aliphatic carbocycles. The summed E-state index contributed by atoms with van der Waals surface area (Å²) in [5.74, 6) is 1.09. The predicted octanol–water partition coefficient (Wildman–Crippen LogP) is 3.54. The largest absolute Gasteiger partial charge is 0.383 e. The van der Waals surface area contributed by atoms with Gasteiger partial charge in [0, 0.05) is 12.1 Å². The van der Waals surface area contributed by atoms with Crippen LogP contribution in [-0.4, -0.2) is 32.8 Å². The Balaban J connectivity index is 1.63. The van der Waals surface area contributed by atoms with E-state index in [9.17, 15) is 0 Å². The van der Waals surface area contributed by atoms with Crippen LogP contribution in [0.2, 0.25) is 0 Å². The molecule has 0 unspecified atom stereocenters. The molecule has 0 spiro atoms. The van der Waals surface area contributed by atoms with E-state index in [0.717, 1.165) is 54.8 Å². The second-order valence-electron chi connectivity index (χ2n) is 7.75. The Morgan fingerprint density at radius 1 is 1.07 bits per heavy atom. The van der Waals surface area contributed by atoms with Crippen LogP contribution in [0.15, 0.2) is 42.7 Å². The number of rotatable bonds is 3. The summed E-state index contributed by atoms with van der Waals surface area (Å²) < 4.78 is 2.03. The van der Waals surface area contributed by atoms with Gasteiger partial charge in [-0.3, -0.25) is 0 Å². The number of aryl methyl sites for hydroxylation is 1. The van der Waals surface area contributed by atoms with Gasteiger partial charge in [0.25, 0.3) is 0 Å². The van der Waals surface area contributed by atoms with Crippen molar-refractivity contribution in [1.29, 1.82) is 0 Å². The van der Waals surface area contributed by atoms with E-state index in [1.807, 2.05) is 4.68 Å². The smallest absolute Gasteiger partial charge is 0.163 e. The zero-order chi connectivity index (χ0) is 19.1. The predicted molar refractivity (Wildman–Crippen MR) is 113 cm³/mol. The summed E-state index contributed by atoms with van der Waals surface area (Å²) in [4.78, 5) is 8.75. The van der Waals surface area contributed by atoms with E-state index in [1.54, 1.807) is 0 Å². The van der Waals surface area contributed by atoms with Gasteiger partial charge in [0.15, 0.2) is 5.65 Å². The summed E-state index contributed by atoms with van der Waals surface area (Å²) in [5, 5.41) is 11.6. The number of hydrogen-bond donors (Lipinski definition) is 2. The van der Waals surface area contributed by atoms with Crippen molar-refractivity contribution in [2.24, 2.45) is 5.92 Å². The van der Waals surface area contributed by atoms with Gasteiger partial charge in [0.1, 0.15) is 17.8 Å². The van der Waals surface area contributed by atoms with Gasteiger partial charge < -0.3 is 11.1 Å². The third-order valence-corrected chi connectivity index (χ3v) is 5.72. The van der Waals surface area contributed by atoms with E-state index in [2.05, 4.69) is 58.6 Å². The van der Waals surface area contributed by atoms with Crippen LogP contribution >= 0.6 is 0 Å². The normalized spacial score (nSPS) is 15.5. The van der Waals surface area contributed by atoms with Gasteiger partial charge >= 0.3 is 0 Å². The molecule has 5 rings (SSSR count). The van der Waals surface area contributed by atoms with Crippen molar-refractivity contribution >= 4 is 27.6 Å². The van der Waals surface area contributed by atoms with E-state index in [-0.39, 0.29) is 0 Å². The maximum absolute atomic E-state index is 6.26. The molecule has 2 aromatic heterocycles. The van der Waals surface area contributed by atoms with Crippen molar-refractivity contribution in [3.8, 4) is 11.3 Å². The number of nitrogen functional groups attached to an aromatic ring is 1. The average molecular weight is 372 g/mol. The molecule has 1 saturated heterocycles. The van der Waals surface area contributed by atoms with Gasteiger partial charge in [-0.05, 0) is 55.6 Å². The Morgan fingerprint density at radius 2 is 1.86 bits per heavy atom. The minimum absolute atomic E-state index is 0.487. The first-order chi connectivity index (χ1) is 13.7. The van der Waals surface area contributed by atoms with Crippen LogP contribution in [0, 0.1) is 12.8 Å². The minimum atomic E-state index is 0.487. The van der Waals surface area contributed by atoms with Crippen LogP contribution < -0.4 is 11.1 Å².